The predicted octanol–water partition coefficient (Wildman–Crippen LogP) is 3.14. The third-order valence-corrected chi connectivity index (χ3v) is 4.07. The van der Waals surface area contributed by atoms with Crippen molar-refractivity contribution in [2.45, 2.75) is 13.1 Å². The predicted molar refractivity (Wildman–Crippen MR) is 83.8 cm³/mol. The molecule has 25 heavy (non-hydrogen) atoms. The van der Waals surface area contributed by atoms with Crippen molar-refractivity contribution in [3.05, 3.63) is 61.3 Å². The maximum atomic E-state index is 14.5. The van der Waals surface area contributed by atoms with Crippen molar-refractivity contribution in [1.82, 2.24) is 14.1 Å². The van der Waals surface area contributed by atoms with E-state index in [0.717, 1.165) is 13.1 Å². The van der Waals surface area contributed by atoms with Crippen LogP contribution in [0.2, 0.25) is 5.02 Å². The standard InChI is InChI=1S/C15H10ClF4N3O2/c1-6-3-7-8(16)4-9(17)13(12(7)21-6)23-11(24)5-10(15(18,19)20)22(2)14(23)25/h3-5,21H,1-2H3. The molecule has 0 fully saturated rings. The van der Waals surface area contributed by atoms with Gasteiger partial charge in [-0.25, -0.2) is 13.8 Å². The van der Waals surface area contributed by atoms with Gasteiger partial charge >= 0.3 is 11.9 Å². The van der Waals surface area contributed by atoms with Crippen LogP contribution < -0.4 is 11.2 Å². The second-order valence-electron chi connectivity index (χ2n) is 5.47. The van der Waals surface area contributed by atoms with Gasteiger partial charge in [-0.1, -0.05) is 11.6 Å². The largest absolute Gasteiger partial charge is 0.431 e. The molecule has 0 aliphatic rings. The molecule has 0 bridgehead atoms. The first-order valence-electron chi connectivity index (χ1n) is 6.90. The quantitative estimate of drug-likeness (QED) is 0.664. The lowest BCUT2D eigenvalue weighted by molar-refractivity contribution is -0.144. The second kappa shape index (κ2) is 5.48. The number of benzene rings is 1. The van der Waals surface area contributed by atoms with Crippen molar-refractivity contribution >= 4 is 22.5 Å². The molecule has 0 aliphatic heterocycles. The third-order valence-electron chi connectivity index (χ3n) is 3.76. The lowest BCUT2D eigenvalue weighted by atomic mass is 10.2. The first kappa shape index (κ1) is 17.3. The number of fused-ring (bicyclic) bond motifs is 1. The number of rotatable bonds is 1. The van der Waals surface area contributed by atoms with E-state index in [9.17, 15) is 27.2 Å². The number of hydrogen-bond acceptors (Lipinski definition) is 2. The molecule has 0 spiro atoms. The Morgan fingerprint density at radius 2 is 1.80 bits per heavy atom. The summed E-state index contributed by atoms with van der Waals surface area (Å²) in [4.78, 5) is 27.3. The van der Waals surface area contributed by atoms with E-state index >= 15 is 0 Å². The molecule has 5 nitrogen and oxygen atoms in total. The number of halogens is 5. The number of alkyl halides is 3. The molecule has 2 heterocycles. The Hall–Kier alpha value is -2.55. The summed E-state index contributed by atoms with van der Waals surface area (Å²) in [7, 11) is 0.853. The highest BCUT2D eigenvalue weighted by atomic mass is 35.5. The average molecular weight is 376 g/mol. The first-order chi connectivity index (χ1) is 11.5. The topological polar surface area (TPSA) is 59.8 Å². The number of nitrogens with zero attached hydrogens (tertiary/aromatic N) is 2. The molecule has 1 aromatic carbocycles. The van der Waals surface area contributed by atoms with Crippen molar-refractivity contribution in [3.8, 4) is 5.69 Å². The maximum Gasteiger partial charge on any atom is 0.431 e. The Labute approximate surface area is 142 Å². The lowest BCUT2D eigenvalue weighted by Gasteiger charge is -2.15. The molecular formula is C15H10ClF4N3O2. The summed E-state index contributed by atoms with van der Waals surface area (Å²) >= 11 is 5.95. The van der Waals surface area contributed by atoms with E-state index in [4.69, 9.17) is 11.6 Å². The molecular weight excluding hydrogens is 366 g/mol. The van der Waals surface area contributed by atoms with Crippen LogP contribution in [0.5, 0.6) is 0 Å². The Kier molecular flexibility index (Phi) is 3.79. The van der Waals surface area contributed by atoms with E-state index in [1.807, 2.05) is 0 Å². The molecule has 132 valence electrons. The fraction of sp³-hybridized carbons (Fsp3) is 0.200. The number of H-pyrrole nitrogens is 1. The zero-order valence-corrected chi connectivity index (χ0v) is 13.6. The van der Waals surface area contributed by atoms with Gasteiger partial charge in [0, 0.05) is 24.2 Å². The van der Waals surface area contributed by atoms with Gasteiger partial charge in [-0.05, 0) is 19.1 Å². The van der Waals surface area contributed by atoms with E-state index in [1.165, 1.54) is 0 Å². The molecule has 0 unspecified atom stereocenters. The van der Waals surface area contributed by atoms with Crippen molar-refractivity contribution < 1.29 is 17.6 Å². The summed E-state index contributed by atoms with van der Waals surface area (Å²) in [5.74, 6) is -1.02. The number of aromatic nitrogens is 3. The number of nitrogens with one attached hydrogen (secondary N) is 1. The highest BCUT2D eigenvalue weighted by Crippen LogP contribution is 2.31. The van der Waals surface area contributed by atoms with Crippen LogP contribution in [-0.2, 0) is 13.2 Å². The van der Waals surface area contributed by atoms with Crippen LogP contribution in [0.4, 0.5) is 17.6 Å². The van der Waals surface area contributed by atoms with Gasteiger partial charge in [-0.2, -0.15) is 13.2 Å². The van der Waals surface area contributed by atoms with Gasteiger partial charge in [0.25, 0.3) is 5.56 Å². The van der Waals surface area contributed by atoms with Gasteiger partial charge in [0.1, 0.15) is 11.4 Å². The molecule has 3 aromatic rings. The lowest BCUT2D eigenvalue weighted by Crippen LogP contribution is -2.41. The molecule has 0 atom stereocenters. The average Bonchev–Trinajstić information content (AvgIpc) is 2.87. The summed E-state index contributed by atoms with van der Waals surface area (Å²) in [6, 6.07) is 2.72. The van der Waals surface area contributed by atoms with Crippen LogP contribution in [0.15, 0.2) is 27.8 Å². The molecule has 1 N–H and O–H groups in total. The molecule has 0 radical (unpaired) electrons. The summed E-state index contributed by atoms with van der Waals surface area (Å²) in [5.41, 5.74) is -3.92. The minimum absolute atomic E-state index is 0.0392. The van der Waals surface area contributed by atoms with E-state index in [2.05, 4.69) is 4.98 Å². The molecule has 3 rings (SSSR count). The highest BCUT2D eigenvalue weighted by molar-refractivity contribution is 6.35. The zero-order chi connectivity index (χ0) is 18.7. The van der Waals surface area contributed by atoms with E-state index in [1.54, 1.807) is 13.0 Å². The molecule has 0 aliphatic carbocycles. The normalized spacial score (nSPS) is 12.1. The monoisotopic (exact) mass is 375 g/mol. The Morgan fingerprint density at radius 3 is 2.40 bits per heavy atom. The number of aromatic amines is 1. The SMILES string of the molecule is Cc1cc2c(Cl)cc(F)c(-n3c(=O)cc(C(F)(F)F)n(C)c3=O)c2[nH]1. The Bertz CT molecular complexity index is 1120. The molecule has 0 amide bonds. The van der Waals surface area contributed by atoms with E-state index < -0.39 is 34.6 Å². The Morgan fingerprint density at radius 1 is 1.16 bits per heavy atom. The smallest absolute Gasteiger partial charge is 0.357 e. The third kappa shape index (κ3) is 2.64. The summed E-state index contributed by atoms with van der Waals surface area (Å²) in [5, 5.41) is 0.377. The minimum atomic E-state index is -4.90. The molecule has 0 saturated heterocycles. The van der Waals surface area contributed by atoms with Crippen LogP contribution in [0.3, 0.4) is 0 Å². The fourth-order valence-corrected chi connectivity index (χ4v) is 2.91. The van der Waals surface area contributed by atoms with Gasteiger partial charge < -0.3 is 4.98 Å². The molecule has 0 saturated carbocycles. The van der Waals surface area contributed by atoms with Crippen molar-refractivity contribution in [2.24, 2.45) is 7.05 Å². The van der Waals surface area contributed by atoms with E-state index in [0.29, 0.717) is 15.6 Å². The van der Waals surface area contributed by atoms with Crippen molar-refractivity contribution in [2.75, 3.05) is 0 Å². The zero-order valence-electron chi connectivity index (χ0n) is 12.8. The summed E-state index contributed by atoms with van der Waals surface area (Å²) < 4.78 is 53.8. The first-order valence-corrected chi connectivity index (χ1v) is 7.28. The summed E-state index contributed by atoms with van der Waals surface area (Å²) in [6.07, 6.45) is -4.90. The molecule has 10 heteroatoms. The fourth-order valence-electron chi connectivity index (χ4n) is 2.66. The van der Waals surface area contributed by atoms with Gasteiger partial charge in [-0.15, -0.1) is 0 Å². The van der Waals surface area contributed by atoms with Gasteiger partial charge in [0.05, 0.1) is 10.5 Å². The Balaban J connectivity index is 2.48. The van der Waals surface area contributed by atoms with Gasteiger partial charge in [0.15, 0.2) is 5.82 Å². The molecule has 2 aromatic heterocycles. The van der Waals surface area contributed by atoms with Crippen LogP contribution in [-0.4, -0.2) is 14.1 Å². The van der Waals surface area contributed by atoms with Crippen LogP contribution in [0.1, 0.15) is 11.4 Å². The number of aryl methyl sites for hydroxylation is 1. The maximum absolute atomic E-state index is 14.5. The highest BCUT2D eigenvalue weighted by Gasteiger charge is 2.35. The number of hydrogen-bond donors (Lipinski definition) is 1. The van der Waals surface area contributed by atoms with Crippen molar-refractivity contribution in [3.63, 3.8) is 0 Å². The van der Waals surface area contributed by atoms with Crippen LogP contribution in [0, 0.1) is 12.7 Å². The minimum Gasteiger partial charge on any atom is -0.357 e. The van der Waals surface area contributed by atoms with Crippen LogP contribution >= 0.6 is 11.6 Å². The van der Waals surface area contributed by atoms with Crippen LogP contribution in [0.25, 0.3) is 16.6 Å². The summed E-state index contributed by atoms with van der Waals surface area (Å²) in [6.45, 7) is 1.64. The van der Waals surface area contributed by atoms with E-state index in [-0.39, 0.29) is 21.2 Å². The van der Waals surface area contributed by atoms with Gasteiger partial charge in [0.2, 0.25) is 0 Å². The van der Waals surface area contributed by atoms with Gasteiger partial charge in [-0.3, -0.25) is 9.36 Å². The van der Waals surface area contributed by atoms with Crippen molar-refractivity contribution in [1.29, 1.82) is 0 Å². The second-order valence-corrected chi connectivity index (χ2v) is 5.88.